The van der Waals surface area contributed by atoms with Gasteiger partial charge in [0.25, 0.3) is 11.8 Å². The first-order chi connectivity index (χ1) is 15.4. The molecule has 8 nitrogen and oxygen atoms in total. The Bertz CT molecular complexity index is 1160. The fraction of sp³-hybridized carbons (Fsp3) is 0.391. The van der Waals surface area contributed by atoms with Crippen molar-refractivity contribution in [3.05, 3.63) is 51.4 Å². The van der Waals surface area contributed by atoms with Gasteiger partial charge >= 0.3 is 6.03 Å². The molecule has 32 heavy (non-hydrogen) atoms. The molecule has 0 saturated carbocycles. The van der Waals surface area contributed by atoms with Crippen molar-refractivity contribution in [3.63, 3.8) is 0 Å². The lowest BCUT2D eigenvalue weighted by Crippen LogP contribution is -2.47. The smallest absolute Gasteiger partial charge is 0.325 e. The molecule has 166 valence electrons. The van der Waals surface area contributed by atoms with E-state index in [1.807, 2.05) is 24.3 Å². The number of urea groups is 1. The summed E-state index contributed by atoms with van der Waals surface area (Å²) in [6.07, 6.45) is 5.73. The first-order valence-corrected chi connectivity index (χ1v) is 11.7. The van der Waals surface area contributed by atoms with Crippen molar-refractivity contribution in [2.45, 2.75) is 50.5 Å². The molecule has 2 aromatic rings. The van der Waals surface area contributed by atoms with Gasteiger partial charge in [-0.3, -0.25) is 19.3 Å². The highest BCUT2D eigenvalue weighted by atomic mass is 32.1. The standard InChI is InChI=1S/C23H24N4O4S/c24-19(29)18-14-8-2-4-10-16(14)32-20(18)25-17(28)12-27-21(30)23(26-22(27)31)11-5-7-13-6-1-3-9-15(13)23/h1,3,6,9H,2,4-5,7-8,10-12H2,(H2,24,29)(H,25,28)(H,26,31). The average Bonchev–Trinajstić information content (AvgIpc) is 3.24. The van der Waals surface area contributed by atoms with Gasteiger partial charge in [0.05, 0.1) is 5.56 Å². The van der Waals surface area contributed by atoms with Crippen LogP contribution in [0, 0.1) is 0 Å². The van der Waals surface area contributed by atoms with Crippen LogP contribution in [0.4, 0.5) is 9.80 Å². The Kier molecular flexibility index (Phi) is 5.00. The molecule has 5 amide bonds. The summed E-state index contributed by atoms with van der Waals surface area (Å²) in [6, 6.07) is 7.02. The second-order valence-electron chi connectivity index (χ2n) is 8.56. The molecule has 0 bridgehead atoms. The number of rotatable bonds is 4. The zero-order chi connectivity index (χ0) is 22.5. The van der Waals surface area contributed by atoms with Crippen LogP contribution < -0.4 is 16.4 Å². The van der Waals surface area contributed by atoms with Gasteiger partial charge in [0.2, 0.25) is 5.91 Å². The monoisotopic (exact) mass is 452 g/mol. The lowest BCUT2D eigenvalue weighted by atomic mass is 9.76. The number of hydrogen-bond donors (Lipinski definition) is 3. The fourth-order valence-corrected chi connectivity index (χ4v) is 6.49. The third kappa shape index (κ3) is 3.19. The molecule has 2 heterocycles. The van der Waals surface area contributed by atoms with Crippen LogP contribution in [0.3, 0.4) is 0 Å². The number of benzene rings is 1. The number of primary amides is 1. The van der Waals surface area contributed by atoms with E-state index in [1.54, 1.807) is 0 Å². The zero-order valence-electron chi connectivity index (χ0n) is 17.5. The molecule has 9 heteroatoms. The predicted molar refractivity (Wildman–Crippen MR) is 119 cm³/mol. The Balaban J connectivity index is 1.37. The second-order valence-corrected chi connectivity index (χ2v) is 9.67. The summed E-state index contributed by atoms with van der Waals surface area (Å²) in [5.74, 6) is -1.52. The van der Waals surface area contributed by atoms with Crippen molar-refractivity contribution in [2.75, 3.05) is 11.9 Å². The van der Waals surface area contributed by atoms with E-state index in [4.69, 9.17) is 5.73 Å². The molecule has 2 aliphatic carbocycles. The lowest BCUT2D eigenvalue weighted by molar-refractivity contribution is -0.134. The predicted octanol–water partition coefficient (Wildman–Crippen LogP) is 2.45. The van der Waals surface area contributed by atoms with Gasteiger partial charge in [-0.25, -0.2) is 4.79 Å². The van der Waals surface area contributed by atoms with Gasteiger partial charge in [-0.2, -0.15) is 0 Å². The molecule has 1 atom stereocenters. The summed E-state index contributed by atoms with van der Waals surface area (Å²) in [5.41, 5.74) is 7.58. The summed E-state index contributed by atoms with van der Waals surface area (Å²) in [6.45, 7) is -0.421. The topological polar surface area (TPSA) is 122 Å². The third-order valence-electron chi connectivity index (χ3n) is 6.62. The lowest BCUT2D eigenvalue weighted by Gasteiger charge is -2.33. The molecule has 0 radical (unpaired) electrons. The number of nitrogens with one attached hydrogen (secondary N) is 2. The summed E-state index contributed by atoms with van der Waals surface area (Å²) in [4.78, 5) is 53.0. The van der Waals surface area contributed by atoms with Crippen LogP contribution >= 0.6 is 11.3 Å². The first-order valence-electron chi connectivity index (χ1n) is 10.9. The molecular formula is C23H24N4O4S. The molecule has 1 aromatic carbocycles. The average molecular weight is 453 g/mol. The van der Waals surface area contributed by atoms with Crippen molar-refractivity contribution >= 4 is 40.1 Å². The van der Waals surface area contributed by atoms with E-state index in [9.17, 15) is 19.2 Å². The summed E-state index contributed by atoms with van der Waals surface area (Å²) < 4.78 is 0. The molecule has 1 unspecified atom stereocenters. The van der Waals surface area contributed by atoms with E-state index in [-0.39, 0.29) is 0 Å². The number of nitrogens with two attached hydrogens (primary N) is 1. The molecule has 1 saturated heterocycles. The number of fused-ring (bicyclic) bond motifs is 3. The number of carbonyl (C=O) groups excluding carboxylic acids is 4. The Morgan fingerprint density at radius 2 is 1.91 bits per heavy atom. The van der Waals surface area contributed by atoms with Crippen LogP contribution in [-0.2, 0) is 34.4 Å². The van der Waals surface area contributed by atoms with Crippen LogP contribution in [0.5, 0.6) is 0 Å². The first kappa shape index (κ1) is 20.7. The van der Waals surface area contributed by atoms with E-state index in [0.717, 1.165) is 65.0 Å². The van der Waals surface area contributed by atoms with Gasteiger partial charge < -0.3 is 16.4 Å². The van der Waals surface area contributed by atoms with E-state index in [0.29, 0.717) is 17.0 Å². The van der Waals surface area contributed by atoms with Crippen LogP contribution in [0.25, 0.3) is 0 Å². The number of amides is 5. The van der Waals surface area contributed by atoms with Gasteiger partial charge in [-0.1, -0.05) is 24.3 Å². The minimum atomic E-state index is -1.12. The Morgan fingerprint density at radius 1 is 1.12 bits per heavy atom. The maximum Gasteiger partial charge on any atom is 0.325 e. The van der Waals surface area contributed by atoms with Gasteiger partial charge in [-0.15, -0.1) is 11.3 Å². The number of thiophene rings is 1. The number of imide groups is 1. The number of hydrogen-bond acceptors (Lipinski definition) is 5. The molecule has 3 aliphatic rings. The summed E-state index contributed by atoms with van der Waals surface area (Å²) in [7, 11) is 0. The van der Waals surface area contributed by atoms with Gasteiger partial charge in [0.1, 0.15) is 17.1 Å². The number of aryl methyl sites for hydroxylation is 2. The van der Waals surface area contributed by atoms with Crippen LogP contribution in [0.2, 0.25) is 0 Å². The maximum absolute atomic E-state index is 13.4. The molecular weight excluding hydrogens is 428 g/mol. The Morgan fingerprint density at radius 3 is 2.72 bits per heavy atom. The highest BCUT2D eigenvalue weighted by molar-refractivity contribution is 7.17. The molecule has 1 aliphatic heterocycles. The highest BCUT2D eigenvalue weighted by Gasteiger charge is 2.54. The quantitative estimate of drug-likeness (QED) is 0.617. The van der Waals surface area contributed by atoms with Crippen LogP contribution in [0.1, 0.15) is 57.6 Å². The summed E-state index contributed by atoms with van der Waals surface area (Å²) >= 11 is 1.35. The van der Waals surface area contributed by atoms with E-state index < -0.39 is 35.8 Å². The van der Waals surface area contributed by atoms with Gasteiger partial charge in [0.15, 0.2) is 0 Å². The largest absolute Gasteiger partial charge is 0.365 e. The van der Waals surface area contributed by atoms with Gasteiger partial charge in [-0.05, 0) is 61.6 Å². The van der Waals surface area contributed by atoms with E-state index in [2.05, 4.69) is 10.6 Å². The number of carbonyl (C=O) groups is 4. The van der Waals surface area contributed by atoms with E-state index in [1.165, 1.54) is 11.3 Å². The van der Waals surface area contributed by atoms with E-state index >= 15 is 0 Å². The van der Waals surface area contributed by atoms with Crippen molar-refractivity contribution in [3.8, 4) is 0 Å². The number of anilines is 1. The fourth-order valence-electron chi connectivity index (χ4n) is 5.18. The van der Waals surface area contributed by atoms with Crippen LogP contribution in [0.15, 0.2) is 24.3 Å². The van der Waals surface area contributed by atoms with Crippen molar-refractivity contribution in [1.29, 1.82) is 0 Å². The molecule has 1 aromatic heterocycles. The molecule has 1 spiro atoms. The Labute approximate surface area is 189 Å². The molecule has 1 fully saturated rings. The van der Waals surface area contributed by atoms with Crippen LogP contribution in [-0.4, -0.2) is 35.2 Å². The maximum atomic E-state index is 13.4. The minimum absolute atomic E-state index is 0.355. The minimum Gasteiger partial charge on any atom is -0.365 e. The highest BCUT2D eigenvalue weighted by Crippen LogP contribution is 2.40. The van der Waals surface area contributed by atoms with Gasteiger partial charge in [0, 0.05) is 4.88 Å². The Hall–Kier alpha value is -3.20. The van der Waals surface area contributed by atoms with Crippen molar-refractivity contribution < 1.29 is 19.2 Å². The molecule has 5 rings (SSSR count). The molecule has 4 N–H and O–H groups in total. The number of nitrogens with zero attached hydrogens (tertiary/aromatic N) is 1. The SMILES string of the molecule is NC(=O)c1c(NC(=O)CN2C(=O)NC3(CCCc4ccccc43)C2=O)sc2c1CCCC2. The van der Waals surface area contributed by atoms with Crippen molar-refractivity contribution in [2.24, 2.45) is 5.73 Å². The summed E-state index contributed by atoms with van der Waals surface area (Å²) in [5, 5.41) is 5.98. The normalized spacial score (nSPS) is 21.8. The zero-order valence-corrected chi connectivity index (χ0v) is 18.3. The second kappa shape index (κ2) is 7.74. The van der Waals surface area contributed by atoms with Crippen molar-refractivity contribution in [1.82, 2.24) is 10.2 Å². The third-order valence-corrected chi connectivity index (χ3v) is 7.83.